The fourth-order valence-electron chi connectivity index (χ4n) is 12.9. The maximum atomic E-state index is 13.9. The van der Waals surface area contributed by atoms with Crippen LogP contribution in [0.4, 0.5) is 75.4 Å². The van der Waals surface area contributed by atoms with Gasteiger partial charge in [-0.1, -0.05) is 18.2 Å². The number of hydrogen-bond donors (Lipinski definition) is 5. The monoisotopic (exact) mass is 1460 g/mol. The summed E-state index contributed by atoms with van der Waals surface area (Å²) in [5, 5.41) is 27.3. The van der Waals surface area contributed by atoms with Gasteiger partial charge >= 0.3 is 36.9 Å². The maximum Gasteiger partial charge on any atom is 0.419 e. The molecule has 35 heteroatoms. The van der Waals surface area contributed by atoms with Crippen molar-refractivity contribution in [3.8, 4) is 0 Å². The molecule has 0 spiro atoms. The minimum atomic E-state index is -4.99. The topological polar surface area (TPSA) is 244 Å². The fourth-order valence-corrected chi connectivity index (χ4v) is 12.9. The molecule has 6 aromatic rings. The molecule has 20 nitrogen and oxygen atoms in total. The molecule has 9 heterocycles. The molecular formula is C67H79F15N12O8. The number of halogens is 15. The lowest BCUT2D eigenvalue weighted by atomic mass is 9.85. The van der Waals surface area contributed by atoms with Gasteiger partial charge in [0.05, 0.1) is 29.4 Å². The number of carbonyl (C=O) groups is 4. The second kappa shape index (κ2) is 32.6. The van der Waals surface area contributed by atoms with E-state index in [1.165, 1.54) is 4.90 Å². The fraction of sp³-hybridized carbons (Fsp3) is 0.522. The molecule has 6 aliphatic heterocycles. The van der Waals surface area contributed by atoms with E-state index in [-0.39, 0.29) is 121 Å². The van der Waals surface area contributed by atoms with E-state index in [1.54, 1.807) is 41.7 Å². The second-order valence-electron chi connectivity index (χ2n) is 26.9. The van der Waals surface area contributed by atoms with Crippen LogP contribution in [0.15, 0.2) is 42.6 Å². The molecule has 0 unspecified atom stereocenters. The highest BCUT2D eigenvalue weighted by atomic mass is 19.4. The standard InChI is InChI=1S/2C19H19F5N4O.C17H20F5NO2.C11H17N3O2.CO2.2H2/c2*20-13-2-1-11(15(16(13)21)19(22,23)24)10-4-7-28(8-5-10)18(29)17-12-9-25-6-3-14(12)26-27-17;1-16(2,3)25-15(24)23-8-6-10(7-9-23)11-4-5-12(18)14(19)13(11)17(20,21)22;1-11(2,3)16-10(15)14-5-4-9-8(7-14)6-12-13-9;2-1-3;;/h2*1-2,10,25H,3-9H2,(H,26,27);4-5,10H,6-9H2,1-3H3;6H,4-5,7H2,1-3H3,(H,12,13);;2*1H. The number of carbonyl (C=O) groups excluding carboxylic acids is 6. The van der Waals surface area contributed by atoms with Crippen molar-refractivity contribution in [3.05, 3.63) is 156 Å². The quantitative estimate of drug-likeness (QED) is 0.101. The molecular weight excluding hydrogens is 1390 g/mol. The summed E-state index contributed by atoms with van der Waals surface area (Å²) >= 11 is 0. The number of hydrogen-bond acceptors (Lipinski definition) is 13. The predicted molar refractivity (Wildman–Crippen MR) is 336 cm³/mol. The van der Waals surface area contributed by atoms with Gasteiger partial charge in [-0.2, -0.15) is 64.4 Å². The zero-order valence-corrected chi connectivity index (χ0v) is 56.2. The highest BCUT2D eigenvalue weighted by Gasteiger charge is 2.45. The first kappa shape index (κ1) is 78.7. The third-order valence-electron chi connectivity index (χ3n) is 17.7. The number of ether oxygens (including phenoxy) is 2. The highest BCUT2D eigenvalue weighted by molar-refractivity contribution is 5.94. The third kappa shape index (κ3) is 19.4. The van der Waals surface area contributed by atoms with Crippen molar-refractivity contribution in [2.24, 2.45) is 0 Å². The Labute approximate surface area is 577 Å². The van der Waals surface area contributed by atoms with Gasteiger partial charge in [-0.05, 0) is 133 Å². The maximum absolute atomic E-state index is 13.9. The number of likely N-dealkylation sites (tertiary alicyclic amines) is 3. The van der Waals surface area contributed by atoms with Crippen LogP contribution in [-0.4, -0.2) is 150 Å². The smallest absolute Gasteiger partial charge is 0.419 e. The number of aromatic nitrogens is 6. The number of amides is 4. The SMILES string of the molecule is CC(C)(C)OC(=O)N1CCC(c2ccc(F)c(F)c2C(F)(F)F)CC1.CC(C)(C)OC(=O)N1CCc2[nH]ncc2C1.O=C(c1n[nH]c2c1CNCC2)N1CCC(c2ccc(F)c(F)c2C(F)(F)F)CC1.O=C(c1n[nH]c2c1CNCC2)N1CCC(c2ccc(F)c(F)c2C(F)(F)F)CC1.O=C=O.[HH].[HH]. The van der Waals surface area contributed by atoms with Crippen LogP contribution in [0.25, 0.3) is 0 Å². The van der Waals surface area contributed by atoms with Crippen molar-refractivity contribution in [1.82, 2.24) is 60.8 Å². The summed E-state index contributed by atoms with van der Waals surface area (Å²) in [6.45, 7) is 15.9. The van der Waals surface area contributed by atoms with E-state index in [1.807, 2.05) is 20.8 Å². The first-order valence-corrected chi connectivity index (χ1v) is 32.5. The minimum Gasteiger partial charge on any atom is -0.444 e. The molecule has 4 amide bonds. The molecule has 560 valence electrons. The number of alkyl halides is 9. The molecule has 0 aliphatic carbocycles. The lowest BCUT2D eigenvalue weighted by Gasteiger charge is -2.34. The van der Waals surface area contributed by atoms with Gasteiger partial charge in [0.25, 0.3) is 11.8 Å². The van der Waals surface area contributed by atoms with Crippen molar-refractivity contribution in [3.63, 3.8) is 0 Å². The summed E-state index contributed by atoms with van der Waals surface area (Å²) in [6.07, 6.45) is -10.1. The van der Waals surface area contributed by atoms with E-state index in [0.717, 1.165) is 96.5 Å². The second-order valence-corrected chi connectivity index (χ2v) is 26.9. The molecule has 0 saturated carbocycles. The number of piperidine rings is 3. The van der Waals surface area contributed by atoms with E-state index in [0.29, 0.717) is 43.6 Å². The number of aromatic amines is 3. The molecule has 0 bridgehead atoms. The zero-order valence-electron chi connectivity index (χ0n) is 56.2. The minimum absolute atomic E-state index is 0. The summed E-state index contributed by atoms with van der Waals surface area (Å²) in [4.78, 5) is 71.9. The summed E-state index contributed by atoms with van der Waals surface area (Å²) in [5.74, 6) is -12.6. The van der Waals surface area contributed by atoms with Crippen LogP contribution in [0.1, 0.15) is 189 Å². The first-order chi connectivity index (χ1) is 47.8. The number of rotatable bonds is 5. The van der Waals surface area contributed by atoms with Crippen LogP contribution in [0, 0.1) is 34.9 Å². The largest absolute Gasteiger partial charge is 0.444 e. The van der Waals surface area contributed by atoms with Crippen LogP contribution < -0.4 is 10.6 Å². The van der Waals surface area contributed by atoms with Gasteiger partial charge in [0.15, 0.2) is 46.3 Å². The Bertz CT molecular complexity index is 3840. The summed E-state index contributed by atoms with van der Waals surface area (Å²) in [6, 6.07) is 5.13. The van der Waals surface area contributed by atoms with E-state index < -0.39 is 105 Å². The van der Waals surface area contributed by atoms with Crippen molar-refractivity contribution >= 4 is 30.2 Å². The Morgan fingerprint density at radius 3 is 1.14 bits per heavy atom. The van der Waals surface area contributed by atoms with Crippen LogP contribution in [0.2, 0.25) is 0 Å². The van der Waals surface area contributed by atoms with Crippen LogP contribution in [0.3, 0.4) is 0 Å². The molecule has 3 aromatic heterocycles. The average Bonchev–Trinajstić information content (AvgIpc) is 0.991. The Kier molecular flexibility index (Phi) is 25.1. The number of nitrogens with one attached hydrogen (secondary N) is 5. The van der Waals surface area contributed by atoms with Gasteiger partial charge in [-0.3, -0.25) is 24.9 Å². The van der Waals surface area contributed by atoms with Crippen molar-refractivity contribution < 1.29 is 107 Å². The number of benzene rings is 3. The third-order valence-corrected chi connectivity index (χ3v) is 17.7. The van der Waals surface area contributed by atoms with Gasteiger partial charge in [0, 0.05) is 128 Å². The summed E-state index contributed by atoms with van der Waals surface area (Å²) in [5.41, 5.74) is -0.201. The van der Waals surface area contributed by atoms with Crippen LogP contribution >= 0.6 is 0 Å². The number of H-pyrrole nitrogens is 3. The molecule has 0 atom stereocenters. The van der Waals surface area contributed by atoms with Gasteiger partial charge in [-0.25, -0.2) is 35.9 Å². The van der Waals surface area contributed by atoms with Gasteiger partial charge in [0.2, 0.25) is 0 Å². The van der Waals surface area contributed by atoms with Crippen molar-refractivity contribution in [2.45, 2.75) is 166 Å². The van der Waals surface area contributed by atoms with E-state index in [4.69, 9.17) is 19.1 Å². The normalized spacial score (nSPS) is 17.0. The predicted octanol–water partition coefficient (Wildman–Crippen LogP) is 13.5. The lowest BCUT2D eigenvalue weighted by Crippen LogP contribution is -2.41. The van der Waals surface area contributed by atoms with Gasteiger partial charge in [0.1, 0.15) is 11.2 Å². The van der Waals surface area contributed by atoms with Crippen LogP contribution in [-0.2, 0) is 76.5 Å². The lowest BCUT2D eigenvalue weighted by molar-refractivity contribution is -0.191. The average molecular weight is 1470 g/mol. The van der Waals surface area contributed by atoms with E-state index in [2.05, 4.69) is 41.2 Å². The van der Waals surface area contributed by atoms with Crippen molar-refractivity contribution in [2.75, 3.05) is 58.9 Å². The molecule has 5 N–H and O–H groups in total. The highest BCUT2D eigenvalue weighted by Crippen LogP contribution is 2.45. The molecule has 0 radical (unpaired) electrons. The summed E-state index contributed by atoms with van der Waals surface area (Å²) < 4.78 is 211. The molecule has 102 heavy (non-hydrogen) atoms. The molecule has 6 aliphatic rings. The molecule has 3 fully saturated rings. The Hall–Kier alpha value is -8.98. The molecule has 12 rings (SSSR count). The Balaban J connectivity index is 0.000000217. The number of fused-ring (bicyclic) bond motifs is 3. The molecule has 3 saturated heterocycles. The Morgan fingerprint density at radius 1 is 0.471 bits per heavy atom. The van der Waals surface area contributed by atoms with E-state index in [9.17, 15) is 85.0 Å². The molecule has 3 aromatic carbocycles. The zero-order chi connectivity index (χ0) is 75.0. The van der Waals surface area contributed by atoms with E-state index >= 15 is 0 Å². The summed E-state index contributed by atoms with van der Waals surface area (Å²) in [7, 11) is 0. The van der Waals surface area contributed by atoms with Crippen LogP contribution in [0.5, 0.6) is 0 Å². The van der Waals surface area contributed by atoms with Gasteiger partial charge in [-0.15, -0.1) is 0 Å². The Morgan fingerprint density at radius 2 is 0.804 bits per heavy atom. The number of nitrogens with zero attached hydrogens (tertiary/aromatic N) is 7. The van der Waals surface area contributed by atoms with Gasteiger partial charge < -0.3 is 39.7 Å². The first-order valence-electron chi connectivity index (χ1n) is 32.5. The van der Waals surface area contributed by atoms with Crippen molar-refractivity contribution in [1.29, 1.82) is 0 Å².